The largest absolute Gasteiger partial charge is 0.379 e. The minimum Gasteiger partial charge on any atom is -0.379 e. The molecule has 2 fully saturated rings. The number of hydrogen-bond donors (Lipinski definition) is 3. The van der Waals surface area contributed by atoms with Gasteiger partial charge in [0.05, 0.1) is 12.1 Å². The molecule has 0 spiro atoms. The number of ether oxygens (including phenoxy) is 1. The first-order chi connectivity index (χ1) is 16.8. The van der Waals surface area contributed by atoms with E-state index in [0.29, 0.717) is 48.7 Å². The fourth-order valence-electron chi connectivity index (χ4n) is 4.94. The van der Waals surface area contributed by atoms with E-state index in [4.69, 9.17) is 16.3 Å². The van der Waals surface area contributed by atoms with Crippen LogP contribution in [-0.4, -0.2) is 53.4 Å². The van der Waals surface area contributed by atoms with Gasteiger partial charge in [-0.15, -0.1) is 0 Å². The van der Waals surface area contributed by atoms with Crippen LogP contribution in [-0.2, 0) is 27.3 Å². The normalized spacial score (nSPS) is 23.7. The number of rotatable bonds is 5. The average Bonchev–Trinajstić information content (AvgIpc) is 3.39. The van der Waals surface area contributed by atoms with Gasteiger partial charge < -0.3 is 20.3 Å². The highest BCUT2D eigenvalue weighted by molar-refractivity contribution is 6.30. The molecule has 3 heterocycles. The number of fused-ring (bicyclic) bond motifs is 1. The molecule has 2 atom stereocenters. The zero-order chi connectivity index (χ0) is 24.6. The number of carbonyl (C=O) groups excluding carboxylic acids is 4. The number of imide groups is 1. The second-order valence-electron chi connectivity index (χ2n) is 9.24. The summed E-state index contributed by atoms with van der Waals surface area (Å²) in [4.78, 5) is 50.9. The third kappa shape index (κ3) is 4.87. The van der Waals surface area contributed by atoms with Crippen molar-refractivity contribution in [3.63, 3.8) is 0 Å². The zero-order valence-corrected chi connectivity index (χ0v) is 19.7. The lowest BCUT2D eigenvalue weighted by Gasteiger charge is -2.29. The molecule has 5 rings (SSSR count). The highest BCUT2D eigenvalue weighted by Crippen LogP contribution is 2.30. The van der Waals surface area contributed by atoms with Crippen LogP contribution in [0, 0.1) is 0 Å². The Morgan fingerprint density at radius 1 is 1.17 bits per heavy atom. The van der Waals surface area contributed by atoms with E-state index in [1.807, 2.05) is 24.3 Å². The van der Waals surface area contributed by atoms with Gasteiger partial charge in [0.25, 0.3) is 5.91 Å². The molecule has 2 aromatic rings. The van der Waals surface area contributed by atoms with E-state index in [-0.39, 0.29) is 30.8 Å². The maximum atomic E-state index is 12.9. The first kappa shape index (κ1) is 23.3. The van der Waals surface area contributed by atoms with Crippen LogP contribution in [0.3, 0.4) is 0 Å². The van der Waals surface area contributed by atoms with Gasteiger partial charge in [-0.2, -0.15) is 0 Å². The quantitative estimate of drug-likeness (QED) is 0.550. The molecule has 3 aliphatic rings. The molecule has 35 heavy (non-hydrogen) atoms. The van der Waals surface area contributed by atoms with E-state index in [9.17, 15) is 19.2 Å². The van der Waals surface area contributed by atoms with Crippen molar-refractivity contribution < 1.29 is 23.9 Å². The number of halogens is 1. The molecule has 0 aliphatic carbocycles. The predicted molar refractivity (Wildman–Crippen MR) is 128 cm³/mol. The molecule has 2 saturated heterocycles. The number of urea groups is 1. The Balaban J connectivity index is 1.25. The molecule has 10 heteroatoms. The van der Waals surface area contributed by atoms with E-state index >= 15 is 0 Å². The summed E-state index contributed by atoms with van der Waals surface area (Å²) >= 11 is 5.99. The second kappa shape index (κ2) is 9.31. The summed E-state index contributed by atoms with van der Waals surface area (Å²) in [6.07, 6.45) is 1.79. The van der Waals surface area contributed by atoms with Crippen LogP contribution in [0.15, 0.2) is 42.5 Å². The number of anilines is 1. The average molecular weight is 497 g/mol. The van der Waals surface area contributed by atoms with E-state index in [1.54, 1.807) is 18.2 Å². The number of nitrogens with one attached hydrogen (secondary N) is 3. The van der Waals surface area contributed by atoms with Gasteiger partial charge in [0, 0.05) is 35.8 Å². The lowest BCUT2D eigenvalue weighted by atomic mass is 9.90. The third-order valence-electron chi connectivity index (χ3n) is 6.72. The Hall–Kier alpha value is -3.43. The van der Waals surface area contributed by atoms with Crippen molar-refractivity contribution in [2.45, 2.75) is 43.8 Å². The summed E-state index contributed by atoms with van der Waals surface area (Å²) in [6.45, 7) is 1.21. The van der Waals surface area contributed by atoms with Crippen molar-refractivity contribution in [2.75, 3.05) is 18.5 Å². The molecule has 0 bridgehead atoms. The minimum atomic E-state index is -0.678. The molecule has 3 aliphatic heterocycles. The van der Waals surface area contributed by atoms with Crippen molar-refractivity contribution in [1.29, 1.82) is 0 Å². The van der Waals surface area contributed by atoms with Crippen molar-refractivity contribution >= 4 is 41.0 Å². The van der Waals surface area contributed by atoms with E-state index in [2.05, 4.69) is 16.0 Å². The van der Waals surface area contributed by atoms with Gasteiger partial charge in [-0.25, -0.2) is 4.79 Å². The van der Waals surface area contributed by atoms with Crippen LogP contribution in [0.1, 0.15) is 40.7 Å². The fraction of sp³-hybridized carbons (Fsp3) is 0.360. The number of amides is 5. The van der Waals surface area contributed by atoms with Gasteiger partial charge in [-0.1, -0.05) is 23.7 Å². The molecule has 0 aromatic heterocycles. The Morgan fingerprint density at radius 3 is 2.69 bits per heavy atom. The molecule has 9 nitrogen and oxygen atoms in total. The highest BCUT2D eigenvalue weighted by Gasteiger charge is 2.39. The summed E-state index contributed by atoms with van der Waals surface area (Å²) in [5, 5.41) is 8.89. The lowest BCUT2D eigenvalue weighted by molar-refractivity contribution is -0.136. The predicted octanol–water partition coefficient (Wildman–Crippen LogP) is 2.62. The number of benzene rings is 2. The molecule has 182 valence electrons. The molecule has 3 N–H and O–H groups in total. The van der Waals surface area contributed by atoms with Crippen LogP contribution in [0.4, 0.5) is 10.5 Å². The summed E-state index contributed by atoms with van der Waals surface area (Å²) in [7, 11) is 0. The fourth-order valence-corrected chi connectivity index (χ4v) is 5.06. The summed E-state index contributed by atoms with van der Waals surface area (Å²) in [5.74, 6) is -1.03. The summed E-state index contributed by atoms with van der Waals surface area (Å²) < 4.78 is 5.60. The molecule has 5 amide bonds. The first-order valence-electron chi connectivity index (χ1n) is 11.5. The third-order valence-corrected chi connectivity index (χ3v) is 6.97. The highest BCUT2D eigenvalue weighted by atomic mass is 35.5. The van der Waals surface area contributed by atoms with Gasteiger partial charge in [0.2, 0.25) is 11.8 Å². The summed E-state index contributed by atoms with van der Waals surface area (Å²) in [6, 6.07) is 11.5. The van der Waals surface area contributed by atoms with Crippen LogP contribution < -0.4 is 16.0 Å². The Bertz CT molecular complexity index is 1190. The molecule has 0 radical (unpaired) electrons. The SMILES string of the molecule is O=C1CCC(N2Cc3cc(NC(=O)NC4(Cc5ccc(Cl)cc5)CCOC4)ccc3C2=O)C(=O)N1. The van der Waals surface area contributed by atoms with Gasteiger partial charge in [0.15, 0.2) is 0 Å². The Labute approximate surface area is 207 Å². The maximum Gasteiger partial charge on any atom is 0.319 e. The van der Waals surface area contributed by atoms with Gasteiger partial charge >= 0.3 is 6.03 Å². The zero-order valence-electron chi connectivity index (χ0n) is 18.9. The lowest BCUT2D eigenvalue weighted by Crippen LogP contribution is -2.52. The van der Waals surface area contributed by atoms with E-state index < -0.39 is 17.5 Å². The minimum absolute atomic E-state index is 0.199. The summed E-state index contributed by atoms with van der Waals surface area (Å²) in [5.41, 5.74) is 2.26. The van der Waals surface area contributed by atoms with Crippen LogP contribution >= 0.6 is 11.6 Å². The maximum absolute atomic E-state index is 12.9. The van der Waals surface area contributed by atoms with Crippen LogP contribution in [0.25, 0.3) is 0 Å². The number of carbonyl (C=O) groups is 4. The van der Waals surface area contributed by atoms with Gasteiger partial charge in [-0.05, 0) is 60.7 Å². The van der Waals surface area contributed by atoms with Crippen LogP contribution in [0.5, 0.6) is 0 Å². The van der Waals surface area contributed by atoms with Crippen LogP contribution in [0.2, 0.25) is 5.02 Å². The smallest absolute Gasteiger partial charge is 0.319 e. The van der Waals surface area contributed by atoms with Crippen molar-refractivity contribution in [2.24, 2.45) is 0 Å². The molecule has 2 aromatic carbocycles. The Morgan fingerprint density at radius 2 is 1.97 bits per heavy atom. The van der Waals surface area contributed by atoms with E-state index in [0.717, 1.165) is 11.1 Å². The molecular formula is C25H25ClN4O5. The molecule has 0 saturated carbocycles. The van der Waals surface area contributed by atoms with Gasteiger partial charge in [0.1, 0.15) is 6.04 Å². The van der Waals surface area contributed by atoms with Gasteiger partial charge in [-0.3, -0.25) is 19.7 Å². The Kier molecular flexibility index (Phi) is 6.21. The van der Waals surface area contributed by atoms with Crippen molar-refractivity contribution in [3.8, 4) is 0 Å². The number of nitrogens with zero attached hydrogens (tertiary/aromatic N) is 1. The second-order valence-corrected chi connectivity index (χ2v) is 9.67. The monoisotopic (exact) mass is 496 g/mol. The standard InChI is InChI=1S/C25H25ClN4O5/c26-17-3-1-15(2-4-17)12-25(9-10-35-14-25)29-24(34)27-18-5-6-19-16(11-18)13-30(23(19)33)20-7-8-21(31)28-22(20)32/h1-6,11,20H,7-10,12-14H2,(H2,27,29,34)(H,28,31,32). The van der Waals surface area contributed by atoms with E-state index in [1.165, 1.54) is 4.90 Å². The number of hydrogen-bond acceptors (Lipinski definition) is 5. The molecule has 2 unspecified atom stereocenters. The number of piperidine rings is 1. The van der Waals surface area contributed by atoms with Crippen molar-refractivity contribution in [1.82, 2.24) is 15.5 Å². The molecular weight excluding hydrogens is 472 g/mol. The van der Waals surface area contributed by atoms with Crippen molar-refractivity contribution in [3.05, 3.63) is 64.2 Å². The topological polar surface area (TPSA) is 117 Å². The first-order valence-corrected chi connectivity index (χ1v) is 11.9.